The van der Waals surface area contributed by atoms with Gasteiger partial charge in [0.15, 0.2) is 0 Å². The number of unbranched alkanes of at least 4 members (excludes halogenated alkanes) is 1. The fourth-order valence-electron chi connectivity index (χ4n) is 1.31. The number of aromatic nitrogens is 1. The maximum Gasteiger partial charge on any atom is 0.267 e. The third-order valence-electron chi connectivity index (χ3n) is 2.12. The molecule has 1 aromatic heterocycles. The number of amides is 1. The van der Waals surface area contributed by atoms with Crippen LogP contribution in [0.2, 0.25) is 5.02 Å². The first kappa shape index (κ1) is 12.1. The van der Waals surface area contributed by atoms with Gasteiger partial charge < -0.3 is 15.6 Å². The second-order valence-electron chi connectivity index (χ2n) is 3.41. The zero-order chi connectivity index (χ0) is 11.3. The fourth-order valence-corrected chi connectivity index (χ4v) is 1.56. The van der Waals surface area contributed by atoms with Crippen molar-refractivity contribution in [3.8, 4) is 0 Å². The summed E-state index contributed by atoms with van der Waals surface area (Å²) >= 11 is 5.78. The molecule has 4 nitrogen and oxygen atoms in total. The van der Waals surface area contributed by atoms with Gasteiger partial charge in [-0.3, -0.25) is 4.79 Å². The molecule has 3 N–H and O–H groups in total. The predicted octanol–water partition coefficient (Wildman–Crippen LogP) is 1.15. The third-order valence-corrected chi connectivity index (χ3v) is 2.33. The number of nitrogens with two attached hydrogens (primary N) is 1. The molecule has 0 spiro atoms. The molecule has 0 saturated carbocycles. The molecule has 0 aliphatic carbocycles. The molecule has 0 unspecified atom stereocenters. The van der Waals surface area contributed by atoms with E-state index in [-0.39, 0.29) is 5.91 Å². The minimum Gasteiger partial charge on any atom is -0.351 e. The molecule has 15 heavy (non-hydrogen) atoms. The average Bonchev–Trinajstić information content (AvgIpc) is 2.52. The molecule has 5 heteroatoms. The number of nitrogens with one attached hydrogen (secondary N) is 1. The molecule has 0 aliphatic heterocycles. The van der Waals surface area contributed by atoms with Crippen LogP contribution >= 0.6 is 11.6 Å². The lowest BCUT2D eigenvalue weighted by Gasteiger charge is -2.04. The molecule has 0 aliphatic rings. The van der Waals surface area contributed by atoms with Gasteiger partial charge in [-0.1, -0.05) is 11.6 Å². The Balaban J connectivity index is 2.43. The normalized spacial score (nSPS) is 10.3. The Morgan fingerprint density at radius 1 is 1.60 bits per heavy atom. The molecule has 0 bridgehead atoms. The molecule has 1 aromatic rings. The van der Waals surface area contributed by atoms with Crippen LogP contribution in [-0.2, 0) is 7.05 Å². The van der Waals surface area contributed by atoms with E-state index in [4.69, 9.17) is 17.3 Å². The van der Waals surface area contributed by atoms with E-state index in [0.717, 1.165) is 12.8 Å². The molecule has 0 aromatic carbocycles. The molecule has 0 saturated heterocycles. The second kappa shape index (κ2) is 5.78. The maximum absolute atomic E-state index is 11.6. The van der Waals surface area contributed by atoms with Crippen molar-refractivity contribution in [2.24, 2.45) is 12.8 Å². The third kappa shape index (κ3) is 3.57. The largest absolute Gasteiger partial charge is 0.351 e. The van der Waals surface area contributed by atoms with Crippen molar-refractivity contribution in [1.82, 2.24) is 9.88 Å². The molecule has 1 rings (SSSR count). The van der Waals surface area contributed by atoms with Crippen LogP contribution in [0.25, 0.3) is 0 Å². The van der Waals surface area contributed by atoms with E-state index >= 15 is 0 Å². The number of carbonyl (C=O) groups excluding carboxylic acids is 1. The first-order valence-corrected chi connectivity index (χ1v) is 5.33. The van der Waals surface area contributed by atoms with Gasteiger partial charge in [0, 0.05) is 19.8 Å². The van der Waals surface area contributed by atoms with Crippen LogP contribution in [0.15, 0.2) is 12.3 Å². The Morgan fingerprint density at radius 2 is 2.33 bits per heavy atom. The summed E-state index contributed by atoms with van der Waals surface area (Å²) in [5.74, 6) is -0.0959. The van der Waals surface area contributed by atoms with E-state index in [1.54, 1.807) is 23.9 Å². The minimum atomic E-state index is -0.0959. The number of halogens is 1. The number of rotatable bonds is 5. The highest BCUT2D eigenvalue weighted by molar-refractivity contribution is 6.31. The fraction of sp³-hybridized carbons (Fsp3) is 0.500. The van der Waals surface area contributed by atoms with E-state index in [1.165, 1.54) is 0 Å². The van der Waals surface area contributed by atoms with Crippen LogP contribution in [0.4, 0.5) is 0 Å². The Kier molecular flexibility index (Phi) is 4.65. The summed E-state index contributed by atoms with van der Waals surface area (Å²) in [5, 5.41) is 3.39. The maximum atomic E-state index is 11.6. The van der Waals surface area contributed by atoms with Crippen LogP contribution in [-0.4, -0.2) is 23.6 Å². The Hall–Kier alpha value is -1.00. The standard InChI is InChI=1S/C10H16ClN3O/c1-14-7-8(11)6-9(14)10(15)13-5-3-2-4-12/h6-7H,2-5,12H2,1H3,(H,13,15). The Bertz CT molecular complexity index is 335. The topological polar surface area (TPSA) is 60.0 Å². The number of aryl methyl sites for hydroxylation is 1. The summed E-state index contributed by atoms with van der Waals surface area (Å²) in [6.07, 6.45) is 3.53. The van der Waals surface area contributed by atoms with E-state index in [1.807, 2.05) is 0 Å². The Morgan fingerprint density at radius 3 is 2.87 bits per heavy atom. The van der Waals surface area contributed by atoms with Gasteiger partial charge in [0.05, 0.1) is 5.02 Å². The number of hydrogen-bond donors (Lipinski definition) is 2. The highest BCUT2D eigenvalue weighted by Gasteiger charge is 2.09. The van der Waals surface area contributed by atoms with Crippen LogP contribution in [0.3, 0.4) is 0 Å². The number of nitrogens with zero attached hydrogens (tertiary/aromatic N) is 1. The lowest BCUT2D eigenvalue weighted by Crippen LogP contribution is -2.26. The minimum absolute atomic E-state index is 0.0959. The van der Waals surface area contributed by atoms with Crippen molar-refractivity contribution in [1.29, 1.82) is 0 Å². The van der Waals surface area contributed by atoms with Crippen molar-refractivity contribution in [2.45, 2.75) is 12.8 Å². The molecule has 1 heterocycles. The molecule has 1 amide bonds. The number of hydrogen-bond acceptors (Lipinski definition) is 2. The van der Waals surface area contributed by atoms with Gasteiger partial charge in [-0.05, 0) is 25.5 Å². The molecule has 0 fully saturated rings. The monoisotopic (exact) mass is 229 g/mol. The summed E-state index contributed by atoms with van der Waals surface area (Å²) in [6, 6.07) is 1.65. The van der Waals surface area contributed by atoms with Crippen molar-refractivity contribution in [3.63, 3.8) is 0 Å². The van der Waals surface area contributed by atoms with Crippen molar-refractivity contribution in [2.75, 3.05) is 13.1 Å². The van der Waals surface area contributed by atoms with E-state index < -0.39 is 0 Å². The summed E-state index contributed by atoms with van der Waals surface area (Å²) in [4.78, 5) is 11.6. The van der Waals surface area contributed by atoms with Gasteiger partial charge in [-0.2, -0.15) is 0 Å². The smallest absolute Gasteiger partial charge is 0.267 e. The molecule has 84 valence electrons. The zero-order valence-electron chi connectivity index (χ0n) is 8.79. The second-order valence-corrected chi connectivity index (χ2v) is 3.84. The summed E-state index contributed by atoms with van der Waals surface area (Å²) < 4.78 is 1.71. The highest BCUT2D eigenvalue weighted by atomic mass is 35.5. The Labute approximate surface area is 94.4 Å². The molecule has 0 atom stereocenters. The van der Waals surface area contributed by atoms with Gasteiger partial charge in [0.1, 0.15) is 5.69 Å². The first-order valence-electron chi connectivity index (χ1n) is 4.95. The van der Waals surface area contributed by atoms with Gasteiger partial charge in [-0.25, -0.2) is 0 Å². The van der Waals surface area contributed by atoms with E-state index in [9.17, 15) is 4.79 Å². The van der Waals surface area contributed by atoms with Crippen LogP contribution in [0.1, 0.15) is 23.3 Å². The zero-order valence-corrected chi connectivity index (χ0v) is 9.55. The van der Waals surface area contributed by atoms with E-state index in [2.05, 4.69) is 5.32 Å². The van der Waals surface area contributed by atoms with Crippen LogP contribution in [0.5, 0.6) is 0 Å². The summed E-state index contributed by atoms with van der Waals surface area (Å²) in [7, 11) is 1.79. The van der Waals surface area contributed by atoms with Gasteiger partial charge >= 0.3 is 0 Å². The van der Waals surface area contributed by atoms with Gasteiger partial charge in [0.25, 0.3) is 5.91 Å². The van der Waals surface area contributed by atoms with E-state index in [0.29, 0.717) is 23.8 Å². The van der Waals surface area contributed by atoms with Crippen molar-refractivity contribution >= 4 is 17.5 Å². The van der Waals surface area contributed by atoms with Crippen molar-refractivity contribution in [3.05, 3.63) is 23.0 Å². The van der Waals surface area contributed by atoms with Crippen molar-refractivity contribution < 1.29 is 4.79 Å². The number of carbonyl (C=O) groups is 1. The highest BCUT2D eigenvalue weighted by Crippen LogP contribution is 2.12. The lowest BCUT2D eigenvalue weighted by molar-refractivity contribution is 0.0945. The SMILES string of the molecule is Cn1cc(Cl)cc1C(=O)NCCCCN. The average molecular weight is 230 g/mol. The first-order chi connectivity index (χ1) is 7.15. The lowest BCUT2D eigenvalue weighted by atomic mass is 10.3. The summed E-state index contributed by atoms with van der Waals surface area (Å²) in [6.45, 7) is 1.31. The molecule has 0 radical (unpaired) electrons. The van der Waals surface area contributed by atoms with Crippen LogP contribution in [0, 0.1) is 0 Å². The molecular weight excluding hydrogens is 214 g/mol. The van der Waals surface area contributed by atoms with Crippen LogP contribution < -0.4 is 11.1 Å². The molecular formula is C10H16ClN3O. The van der Waals surface area contributed by atoms with Gasteiger partial charge in [-0.15, -0.1) is 0 Å². The predicted molar refractivity (Wildman–Crippen MR) is 61.0 cm³/mol. The summed E-state index contributed by atoms with van der Waals surface area (Å²) in [5.41, 5.74) is 5.93. The van der Waals surface area contributed by atoms with Gasteiger partial charge in [0.2, 0.25) is 0 Å². The quantitative estimate of drug-likeness (QED) is 0.745.